The first kappa shape index (κ1) is 17.9. The number of carbonyl (C=O) groups is 2. The van der Waals surface area contributed by atoms with E-state index in [2.05, 4.69) is 5.32 Å². The number of nitro benzene ring substituents is 1. The maximum atomic E-state index is 12.0. The molecule has 25 heavy (non-hydrogen) atoms. The van der Waals surface area contributed by atoms with Crippen molar-refractivity contribution in [3.8, 4) is 0 Å². The zero-order valence-electron chi connectivity index (χ0n) is 13.8. The minimum atomic E-state index is -0.627. The monoisotopic (exact) mass is 343 g/mol. The number of hydrogen-bond acceptors (Lipinski definition) is 6. The molecule has 2 rings (SSSR count). The zero-order chi connectivity index (χ0) is 18.4. The second kappa shape index (κ2) is 7.91. The lowest BCUT2D eigenvalue weighted by atomic mass is 10.2. The van der Waals surface area contributed by atoms with E-state index in [0.29, 0.717) is 5.56 Å². The second-order valence-corrected chi connectivity index (χ2v) is 5.38. The van der Waals surface area contributed by atoms with Crippen LogP contribution >= 0.6 is 0 Å². The van der Waals surface area contributed by atoms with Crippen molar-refractivity contribution >= 4 is 28.9 Å². The number of ether oxygens (including phenoxy) is 1. The fraction of sp³-hybridized carbons (Fsp3) is 0.176. The molecule has 1 N–H and O–H groups in total. The van der Waals surface area contributed by atoms with Gasteiger partial charge in [-0.05, 0) is 24.3 Å². The molecule has 2 aromatic carbocycles. The Bertz CT molecular complexity index is 804. The van der Waals surface area contributed by atoms with Crippen molar-refractivity contribution in [2.24, 2.45) is 0 Å². The number of esters is 1. The van der Waals surface area contributed by atoms with Crippen molar-refractivity contribution in [2.75, 3.05) is 30.9 Å². The molecule has 0 aromatic heterocycles. The van der Waals surface area contributed by atoms with E-state index in [1.54, 1.807) is 18.2 Å². The third kappa shape index (κ3) is 5.03. The van der Waals surface area contributed by atoms with Crippen molar-refractivity contribution in [2.45, 2.75) is 0 Å². The Kier molecular flexibility index (Phi) is 5.67. The van der Waals surface area contributed by atoms with Crippen molar-refractivity contribution in [3.05, 3.63) is 64.2 Å². The van der Waals surface area contributed by atoms with Crippen LogP contribution in [0.5, 0.6) is 0 Å². The van der Waals surface area contributed by atoms with E-state index >= 15 is 0 Å². The predicted molar refractivity (Wildman–Crippen MR) is 92.8 cm³/mol. The van der Waals surface area contributed by atoms with Crippen molar-refractivity contribution in [3.63, 3.8) is 0 Å². The molecular weight excluding hydrogens is 326 g/mol. The number of rotatable bonds is 6. The third-order valence-corrected chi connectivity index (χ3v) is 3.27. The topological polar surface area (TPSA) is 102 Å². The first-order valence-electron chi connectivity index (χ1n) is 7.35. The van der Waals surface area contributed by atoms with Crippen LogP contribution in [0.4, 0.5) is 17.1 Å². The summed E-state index contributed by atoms with van der Waals surface area (Å²) in [6.45, 7) is -0.492. The van der Waals surface area contributed by atoms with E-state index < -0.39 is 23.4 Å². The van der Waals surface area contributed by atoms with Crippen LogP contribution in [0, 0.1) is 10.1 Å². The van der Waals surface area contributed by atoms with Crippen LogP contribution in [-0.2, 0) is 9.53 Å². The maximum Gasteiger partial charge on any atom is 0.338 e. The fourth-order valence-corrected chi connectivity index (χ4v) is 2.02. The van der Waals surface area contributed by atoms with E-state index in [1.807, 2.05) is 25.1 Å². The SMILES string of the molecule is CN(C)c1cccc(C(=O)OCC(=O)Nc2cccc([N+](=O)[O-])c2)c1. The summed E-state index contributed by atoms with van der Waals surface area (Å²) in [6, 6.07) is 12.3. The standard InChI is InChI=1S/C17H17N3O5/c1-19(2)14-7-3-5-12(9-14)17(22)25-11-16(21)18-13-6-4-8-15(10-13)20(23)24/h3-10H,11H2,1-2H3,(H,18,21). The number of carbonyl (C=O) groups excluding carboxylic acids is 2. The van der Waals surface area contributed by atoms with Crippen LogP contribution in [0.2, 0.25) is 0 Å². The van der Waals surface area contributed by atoms with Crippen LogP contribution in [0.3, 0.4) is 0 Å². The smallest absolute Gasteiger partial charge is 0.338 e. The first-order valence-corrected chi connectivity index (χ1v) is 7.35. The molecule has 0 aliphatic carbocycles. The van der Waals surface area contributed by atoms with E-state index in [-0.39, 0.29) is 11.4 Å². The third-order valence-electron chi connectivity index (χ3n) is 3.27. The number of anilines is 2. The van der Waals surface area contributed by atoms with Gasteiger partial charge < -0.3 is 15.0 Å². The Hall–Kier alpha value is -3.42. The quantitative estimate of drug-likeness (QED) is 0.491. The molecule has 0 spiro atoms. The van der Waals surface area contributed by atoms with Gasteiger partial charge in [-0.2, -0.15) is 0 Å². The summed E-state index contributed by atoms with van der Waals surface area (Å²) in [5.74, 6) is -1.21. The lowest BCUT2D eigenvalue weighted by Gasteiger charge is -2.13. The van der Waals surface area contributed by atoms with Crippen LogP contribution in [0.25, 0.3) is 0 Å². The average Bonchev–Trinajstić information content (AvgIpc) is 2.60. The van der Waals surface area contributed by atoms with E-state index in [1.165, 1.54) is 24.3 Å². The number of nitrogens with one attached hydrogen (secondary N) is 1. The Morgan fingerprint density at radius 2 is 1.88 bits per heavy atom. The number of nitro groups is 1. The van der Waals surface area contributed by atoms with Gasteiger partial charge in [-0.15, -0.1) is 0 Å². The van der Waals surface area contributed by atoms with Crippen LogP contribution in [-0.4, -0.2) is 37.5 Å². The van der Waals surface area contributed by atoms with Gasteiger partial charge >= 0.3 is 5.97 Å². The molecule has 0 aliphatic heterocycles. The Morgan fingerprint density at radius 3 is 2.56 bits per heavy atom. The Labute approximate surface area is 144 Å². The molecule has 0 fully saturated rings. The van der Waals surface area contributed by atoms with Gasteiger partial charge in [0.25, 0.3) is 11.6 Å². The van der Waals surface area contributed by atoms with Gasteiger partial charge in [0.1, 0.15) is 0 Å². The molecular formula is C17H17N3O5. The lowest BCUT2D eigenvalue weighted by Crippen LogP contribution is -2.21. The molecule has 0 aliphatic rings. The molecule has 130 valence electrons. The summed E-state index contributed by atoms with van der Waals surface area (Å²) in [5, 5.41) is 13.2. The molecule has 8 heteroatoms. The highest BCUT2D eigenvalue weighted by Crippen LogP contribution is 2.17. The highest BCUT2D eigenvalue weighted by Gasteiger charge is 2.12. The summed E-state index contributed by atoms with van der Waals surface area (Å²) < 4.78 is 4.97. The minimum absolute atomic E-state index is 0.143. The van der Waals surface area contributed by atoms with Crippen LogP contribution in [0.1, 0.15) is 10.4 Å². The molecule has 0 saturated carbocycles. The van der Waals surface area contributed by atoms with E-state index in [9.17, 15) is 19.7 Å². The zero-order valence-corrected chi connectivity index (χ0v) is 13.8. The molecule has 0 atom stereocenters. The molecule has 8 nitrogen and oxygen atoms in total. The fourth-order valence-electron chi connectivity index (χ4n) is 2.02. The number of amides is 1. The number of nitrogens with zero attached hydrogens (tertiary/aromatic N) is 2. The highest BCUT2D eigenvalue weighted by atomic mass is 16.6. The molecule has 1 amide bonds. The van der Waals surface area contributed by atoms with Gasteiger partial charge in [-0.25, -0.2) is 4.79 Å². The number of benzene rings is 2. The van der Waals surface area contributed by atoms with Crippen LogP contribution in [0.15, 0.2) is 48.5 Å². The second-order valence-electron chi connectivity index (χ2n) is 5.38. The van der Waals surface area contributed by atoms with Gasteiger partial charge in [-0.1, -0.05) is 12.1 Å². The normalized spacial score (nSPS) is 10.0. The summed E-state index contributed by atoms with van der Waals surface area (Å²) >= 11 is 0. The van der Waals surface area contributed by atoms with Crippen LogP contribution < -0.4 is 10.2 Å². The molecule has 0 heterocycles. The summed E-state index contributed by atoms with van der Waals surface area (Å²) in [7, 11) is 3.69. The van der Waals surface area contributed by atoms with E-state index in [0.717, 1.165) is 5.69 Å². The largest absolute Gasteiger partial charge is 0.452 e. The van der Waals surface area contributed by atoms with Gasteiger partial charge in [0.05, 0.1) is 10.5 Å². The first-order chi connectivity index (χ1) is 11.9. The number of hydrogen-bond donors (Lipinski definition) is 1. The lowest BCUT2D eigenvalue weighted by molar-refractivity contribution is -0.384. The molecule has 0 radical (unpaired) electrons. The van der Waals surface area contributed by atoms with Gasteiger partial charge in [0.15, 0.2) is 6.61 Å². The summed E-state index contributed by atoms with van der Waals surface area (Å²) in [6.07, 6.45) is 0. The molecule has 2 aromatic rings. The van der Waals surface area contributed by atoms with Crippen molar-refractivity contribution in [1.29, 1.82) is 0 Å². The average molecular weight is 343 g/mol. The number of non-ortho nitro benzene ring substituents is 1. The molecule has 0 saturated heterocycles. The van der Waals surface area contributed by atoms with Gasteiger partial charge in [0, 0.05) is 37.6 Å². The van der Waals surface area contributed by atoms with Crippen molar-refractivity contribution < 1.29 is 19.2 Å². The minimum Gasteiger partial charge on any atom is -0.452 e. The van der Waals surface area contributed by atoms with Crippen molar-refractivity contribution in [1.82, 2.24) is 0 Å². The molecule has 0 unspecified atom stereocenters. The van der Waals surface area contributed by atoms with Gasteiger partial charge in [-0.3, -0.25) is 14.9 Å². The predicted octanol–water partition coefficient (Wildman–Crippen LogP) is 2.46. The van der Waals surface area contributed by atoms with E-state index in [4.69, 9.17) is 4.74 Å². The summed E-state index contributed by atoms with van der Waals surface area (Å²) in [5.41, 5.74) is 1.27. The summed E-state index contributed by atoms with van der Waals surface area (Å²) in [4.78, 5) is 35.8. The highest BCUT2D eigenvalue weighted by molar-refractivity contribution is 5.96. The Balaban J connectivity index is 1.93. The Morgan fingerprint density at radius 1 is 1.16 bits per heavy atom. The van der Waals surface area contributed by atoms with Gasteiger partial charge in [0.2, 0.25) is 0 Å². The molecule has 0 bridgehead atoms. The maximum absolute atomic E-state index is 12.0.